The zero-order valence-corrected chi connectivity index (χ0v) is 19.5. The molecule has 0 fully saturated rings. The largest absolute Gasteiger partial charge is 0.405 e. The van der Waals surface area contributed by atoms with Crippen molar-refractivity contribution in [1.82, 2.24) is 30.1 Å². The molecule has 3 aromatic heterocycles. The number of nitrogens with one attached hydrogen (secondary N) is 2. The van der Waals surface area contributed by atoms with Gasteiger partial charge in [-0.2, -0.15) is 23.3 Å². The molecule has 0 aliphatic carbocycles. The molecule has 4 heterocycles. The quantitative estimate of drug-likeness (QED) is 0.335. The molecular formula is C25H18F3N9O. The zero-order chi connectivity index (χ0) is 26.3. The highest BCUT2D eigenvalue weighted by Gasteiger charge is 2.35. The summed E-state index contributed by atoms with van der Waals surface area (Å²) in [5.41, 5.74) is 3.15. The Balaban J connectivity index is 1.42. The van der Waals surface area contributed by atoms with E-state index in [-0.39, 0.29) is 18.3 Å². The first kappa shape index (κ1) is 23.3. The summed E-state index contributed by atoms with van der Waals surface area (Å²) in [6, 6.07) is 15.7. The number of urea groups is 1. The van der Waals surface area contributed by atoms with Crippen LogP contribution < -0.4 is 15.1 Å². The number of pyridine rings is 1. The van der Waals surface area contributed by atoms with E-state index in [9.17, 15) is 18.0 Å². The van der Waals surface area contributed by atoms with Gasteiger partial charge in [-0.25, -0.2) is 19.7 Å². The van der Waals surface area contributed by atoms with E-state index in [1.165, 1.54) is 17.4 Å². The summed E-state index contributed by atoms with van der Waals surface area (Å²) in [5.74, 6) is 0.440. The number of hydrogen-bond donors (Lipinski definition) is 2. The van der Waals surface area contributed by atoms with Crippen LogP contribution >= 0.6 is 0 Å². The van der Waals surface area contributed by atoms with Gasteiger partial charge in [0.2, 0.25) is 5.95 Å². The lowest BCUT2D eigenvalue weighted by Gasteiger charge is -2.36. The van der Waals surface area contributed by atoms with Crippen molar-refractivity contribution in [2.75, 3.05) is 21.7 Å². The fourth-order valence-corrected chi connectivity index (χ4v) is 4.19. The van der Waals surface area contributed by atoms with Crippen LogP contribution in [0.1, 0.15) is 5.56 Å². The molecule has 6 rings (SSSR count). The molecule has 10 nitrogen and oxygen atoms in total. The third-order valence-corrected chi connectivity index (χ3v) is 5.95. The van der Waals surface area contributed by atoms with Gasteiger partial charge in [-0.15, -0.1) is 0 Å². The molecule has 0 bridgehead atoms. The van der Waals surface area contributed by atoms with Gasteiger partial charge in [-0.05, 0) is 48.5 Å². The smallest absolute Gasteiger partial charge is 0.345 e. The lowest BCUT2D eigenvalue weighted by atomic mass is 10.1. The Bertz CT molecular complexity index is 1620. The highest BCUT2D eigenvalue weighted by molar-refractivity contribution is 6.10. The van der Waals surface area contributed by atoms with Crippen LogP contribution in [0, 0.1) is 0 Å². The third-order valence-electron chi connectivity index (χ3n) is 5.95. The number of alkyl halides is 3. The molecule has 13 heteroatoms. The van der Waals surface area contributed by atoms with E-state index in [0.29, 0.717) is 28.3 Å². The van der Waals surface area contributed by atoms with Crippen LogP contribution in [0.2, 0.25) is 0 Å². The number of hydrogen-bond acceptors (Lipinski definition) is 7. The number of carbonyl (C=O) groups excluding carboxylic acids is 1. The number of H-pyrrole nitrogens is 1. The van der Waals surface area contributed by atoms with Gasteiger partial charge in [-0.3, -0.25) is 15.0 Å². The summed E-state index contributed by atoms with van der Waals surface area (Å²) in [6.07, 6.45) is 0.123. The fraction of sp³-hybridized carbons (Fsp3) is 0.120. The van der Waals surface area contributed by atoms with Gasteiger partial charge in [0, 0.05) is 34.6 Å². The minimum Gasteiger partial charge on any atom is -0.345 e. The van der Waals surface area contributed by atoms with Crippen LogP contribution in [-0.4, -0.2) is 48.9 Å². The van der Waals surface area contributed by atoms with Crippen LogP contribution in [-0.2, 0) is 6.54 Å². The molecule has 2 amide bonds. The minimum absolute atomic E-state index is 0.130. The second kappa shape index (κ2) is 9.10. The molecule has 0 unspecified atom stereocenters. The van der Waals surface area contributed by atoms with E-state index in [0.717, 1.165) is 10.9 Å². The monoisotopic (exact) mass is 517 g/mol. The number of amides is 2. The van der Waals surface area contributed by atoms with E-state index in [1.807, 2.05) is 24.3 Å². The molecule has 0 radical (unpaired) electrons. The summed E-state index contributed by atoms with van der Waals surface area (Å²) in [4.78, 5) is 33.6. The summed E-state index contributed by atoms with van der Waals surface area (Å²) >= 11 is 0. The van der Waals surface area contributed by atoms with E-state index in [1.54, 1.807) is 41.4 Å². The number of nitrogens with zero attached hydrogens (tertiary/aromatic N) is 7. The Labute approximate surface area is 213 Å². The maximum absolute atomic E-state index is 13.9. The van der Waals surface area contributed by atoms with Crippen LogP contribution in [0.3, 0.4) is 0 Å². The molecule has 0 atom stereocenters. The summed E-state index contributed by atoms with van der Waals surface area (Å²) in [7, 11) is 0. The molecule has 0 saturated heterocycles. The standard InChI is InChI=1S/C25H18F3N9O/c26-25(27,28)13-31-23-30-11-17-12-36(19-7-8-20-16(10-19)2-1-9-29-20)24(38)37(22(17)34-23)18-5-3-15(4-6-18)21-32-14-33-35-21/h1-11,14H,12-13H2,(H,30,31,34)(H,32,33,35). The van der Waals surface area contributed by atoms with Crippen LogP contribution in [0.25, 0.3) is 22.3 Å². The lowest BCUT2D eigenvalue weighted by molar-refractivity contribution is -0.115. The van der Waals surface area contributed by atoms with Crippen molar-refractivity contribution >= 4 is 40.1 Å². The highest BCUT2D eigenvalue weighted by atomic mass is 19.4. The number of anilines is 4. The maximum Gasteiger partial charge on any atom is 0.405 e. The van der Waals surface area contributed by atoms with E-state index >= 15 is 0 Å². The summed E-state index contributed by atoms with van der Waals surface area (Å²) in [6.45, 7) is -1.17. The number of rotatable bonds is 5. The fourth-order valence-electron chi connectivity index (χ4n) is 4.19. The van der Waals surface area contributed by atoms with Crippen molar-refractivity contribution in [1.29, 1.82) is 0 Å². The van der Waals surface area contributed by atoms with Crippen molar-refractivity contribution in [3.05, 3.63) is 78.9 Å². The van der Waals surface area contributed by atoms with Crippen molar-refractivity contribution in [3.8, 4) is 11.4 Å². The Morgan fingerprint density at radius 1 is 1.00 bits per heavy atom. The summed E-state index contributed by atoms with van der Waals surface area (Å²) in [5, 5.41) is 9.75. The number of halogens is 3. The average molecular weight is 517 g/mol. The maximum atomic E-state index is 13.9. The van der Waals surface area contributed by atoms with Gasteiger partial charge in [0.15, 0.2) is 11.6 Å². The molecule has 190 valence electrons. The molecule has 0 saturated carbocycles. The highest BCUT2D eigenvalue weighted by Crippen LogP contribution is 2.37. The lowest BCUT2D eigenvalue weighted by Crippen LogP contribution is -2.45. The number of fused-ring (bicyclic) bond motifs is 2. The first-order valence-corrected chi connectivity index (χ1v) is 11.4. The number of aromatic nitrogens is 6. The van der Waals surface area contributed by atoms with E-state index in [4.69, 9.17) is 0 Å². The Hall–Kier alpha value is -5.07. The van der Waals surface area contributed by atoms with Crippen LogP contribution in [0.5, 0.6) is 0 Å². The number of benzene rings is 2. The third kappa shape index (κ3) is 4.45. The molecule has 1 aliphatic heterocycles. The Kier molecular flexibility index (Phi) is 5.59. The molecule has 2 N–H and O–H groups in total. The van der Waals surface area contributed by atoms with Crippen molar-refractivity contribution in [2.24, 2.45) is 0 Å². The van der Waals surface area contributed by atoms with Crippen LogP contribution in [0.15, 0.2) is 73.3 Å². The van der Waals surface area contributed by atoms with Gasteiger partial charge in [0.1, 0.15) is 12.9 Å². The number of aromatic amines is 1. The average Bonchev–Trinajstić information content (AvgIpc) is 3.46. The molecule has 38 heavy (non-hydrogen) atoms. The first-order valence-electron chi connectivity index (χ1n) is 11.4. The van der Waals surface area contributed by atoms with Crippen LogP contribution in [0.4, 0.5) is 41.1 Å². The Morgan fingerprint density at radius 2 is 1.82 bits per heavy atom. The second-order valence-corrected chi connectivity index (χ2v) is 8.47. The topological polar surface area (TPSA) is 116 Å². The second-order valence-electron chi connectivity index (χ2n) is 8.47. The van der Waals surface area contributed by atoms with Crippen molar-refractivity contribution in [2.45, 2.75) is 12.7 Å². The molecule has 0 spiro atoms. The van der Waals surface area contributed by atoms with E-state index in [2.05, 4.69) is 35.5 Å². The van der Waals surface area contributed by atoms with Gasteiger partial charge in [0.05, 0.1) is 17.7 Å². The first-order chi connectivity index (χ1) is 18.4. The zero-order valence-electron chi connectivity index (χ0n) is 19.5. The van der Waals surface area contributed by atoms with E-state index < -0.39 is 18.8 Å². The summed E-state index contributed by atoms with van der Waals surface area (Å²) < 4.78 is 38.3. The number of carbonyl (C=O) groups is 1. The van der Waals surface area contributed by atoms with Gasteiger partial charge in [0.25, 0.3) is 0 Å². The van der Waals surface area contributed by atoms with Gasteiger partial charge in [-0.1, -0.05) is 6.07 Å². The Morgan fingerprint density at radius 3 is 2.58 bits per heavy atom. The molecule has 5 aromatic rings. The van der Waals surface area contributed by atoms with Crippen molar-refractivity contribution in [3.63, 3.8) is 0 Å². The van der Waals surface area contributed by atoms with Crippen molar-refractivity contribution < 1.29 is 18.0 Å². The predicted molar refractivity (Wildman–Crippen MR) is 134 cm³/mol. The molecular weight excluding hydrogens is 499 g/mol. The SMILES string of the molecule is O=C1N(c2ccc3ncccc3c2)Cc2cnc(NCC(F)(F)F)nc2N1c1ccc(-c2nc[nH]n2)cc1. The molecule has 2 aromatic carbocycles. The van der Waals surface area contributed by atoms with Gasteiger partial charge >= 0.3 is 12.2 Å². The predicted octanol–water partition coefficient (Wildman–Crippen LogP) is 5.06. The minimum atomic E-state index is -4.45. The normalized spacial score (nSPS) is 13.6. The van der Waals surface area contributed by atoms with Gasteiger partial charge < -0.3 is 5.32 Å². The molecule has 1 aliphatic rings.